The van der Waals surface area contributed by atoms with Gasteiger partial charge in [0, 0.05) is 57.4 Å². The number of aryl methyl sites for hydroxylation is 1. The molecule has 3 N–H and O–H groups in total. The second-order valence-electron chi connectivity index (χ2n) is 9.84. The molecule has 2 aliphatic rings. The largest absolute Gasteiger partial charge is 0.508 e. The third-order valence-electron chi connectivity index (χ3n) is 7.12. The summed E-state index contributed by atoms with van der Waals surface area (Å²) in [5.74, 6) is -4.20. The van der Waals surface area contributed by atoms with Gasteiger partial charge in [0.1, 0.15) is 17.6 Å². The zero-order chi connectivity index (χ0) is 26.6. The van der Waals surface area contributed by atoms with E-state index in [1.807, 2.05) is 11.9 Å². The number of nitrogens with zero attached hydrogens (tertiary/aromatic N) is 2. The van der Waals surface area contributed by atoms with Gasteiger partial charge in [-0.1, -0.05) is 31.2 Å². The van der Waals surface area contributed by atoms with Gasteiger partial charge in [0.25, 0.3) is 5.92 Å². The van der Waals surface area contributed by atoms with Gasteiger partial charge in [0.05, 0.1) is 0 Å². The van der Waals surface area contributed by atoms with Crippen LogP contribution in [0.15, 0.2) is 48.5 Å². The second kappa shape index (κ2) is 11.5. The standard InChI is InChI=1S/C27H33F3N4O3/c1-2-33-17-20(16-32-33)25(26(37)31-15-19-3-8-21(28)9-4-19)34(22-13-27(29,30)14-22)24(36)12-7-18-5-10-23(35)11-6-18/h3-6,8-11,20,22,25,32,35H,2,7,12-17H2,1H3,(H,31,37). The highest BCUT2D eigenvalue weighted by Crippen LogP contribution is 2.42. The van der Waals surface area contributed by atoms with E-state index in [0.29, 0.717) is 31.6 Å². The van der Waals surface area contributed by atoms with Crippen LogP contribution in [-0.2, 0) is 22.6 Å². The number of rotatable bonds is 10. The van der Waals surface area contributed by atoms with Gasteiger partial charge in [-0.25, -0.2) is 18.2 Å². The molecule has 200 valence electrons. The first kappa shape index (κ1) is 26.9. The fourth-order valence-corrected chi connectivity index (χ4v) is 5.03. The van der Waals surface area contributed by atoms with Crippen LogP contribution in [0.2, 0.25) is 0 Å². The molecule has 2 atom stereocenters. The molecule has 2 fully saturated rings. The van der Waals surface area contributed by atoms with Crippen molar-refractivity contribution in [2.24, 2.45) is 5.92 Å². The van der Waals surface area contributed by atoms with E-state index in [1.54, 1.807) is 24.3 Å². The second-order valence-corrected chi connectivity index (χ2v) is 9.84. The van der Waals surface area contributed by atoms with Gasteiger partial charge >= 0.3 is 0 Å². The Labute approximate surface area is 214 Å². The molecule has 2 amide bonds. The molecule has 2 aromatic rings. The van der Waals surface area contributed by atoms with Crippen molar-refractivity contribution in [2.75, 3.05) is 19.6 Å². The molecule has 0 bridgehead atoms. The van der Waals surface area contributed by atoms with Crippen LogP contribution in [-0.4, -0.2) is 64.5 Å². The maximum Gasteiger partial charge on any atom is 0.252 e. The number of carbonyl (C=O) groups excluding carboxylic acids is 2. The summed E-state index contributed by atoms with van der Waals surface area (Å²) < 4.78 is 41.2. The predicted octanol–water partition coefficient (Wildman–Crippen LogP) is 3.23. The van der Waals surface area contributed by atoms with Crippen LogP contribution >= 0.6 is 0 Å². The first-order chi connectivity index (χ1) is 17.6. The molecular weight excluding hydrogens is 485 g/mol. The minimum absolute atomic E-state index is 0.0478. The molecule has 0 aromatic heterocycles. The lowest BCUT2D eigenvalue weighted by atomic mass is 9.83. The van der Waals surface area contributed by atoms with Gasteiger partial charge in [-0.15, -0.1) is 0 Å². The number of alkyl halides is 2. The molecule has 0 spiro atoms. The van der Waals surface area contributed by atoms with E-state index in [1.165, 1.54) is 29.2 Å². The van der Waals surface area contributed by atoms with Gasteiger partial charge in [0.2, 0.25) is 11.8 Å². The van der Waals surface area contributed by atoms with Gasteiger partial charge in [0.15, 0.2) is 0 Å². The summed E-state index contributed by atoms with van der Waals surface area (Å²) in [7, 11) is 0. The van der Waals surface area contributed by atoms with Crippen LogP contribution in [0.5, 0.6) is 5.75 Å². The SMILES string of the molecule is CCN1CC(C(C(=O)NCc2ccc(F)cc2)N(C(=O)CCc2ccc(O)cc2)C2CC(F)(F)C2)CN1. The number of hydrogen-bond donors (Lipinski definition) is 3. The predicted molar refractivity (Wildman–Crippen MR) is 132 cm³/mol. The van der Waals surface area contributed by atoms with Crippen LogP contribution in [0, 0.1) is 11.7 Å². The maximum absolute atomic E-state index is 13.9. The fourth-order valence-electron chi connectivity index (χ4n) is 5.03. The Hall–Kier alpha value is -3.11. The third-order valence-corrected chi connectivity index (χ3v) is 7.12. The lowest BCUT2D eigenvalue weighted by Gasteiger charge is -2.47. The van der Waals surface area contributed by atoms with Gasteiger partial charge in [-0.05, 0) is 41.8 Å². The van der Waals surface area contributed by atoms with Crippen molar-refractivity contribution in [3.8, 4) is 5.75 Å². The molecule has 1 heterocycles. The van der Waals surface area contributed by atoms with Crippen molar-refractivity contribution in [2.45, 2.75) is 57.2 Å². The van der Waals surface area contributed by atoms with Crippen LogP contribution in [0.4, 0.5) is 13.2 Å². The topological polar surface area (TPSA) is 84.9 Å². The summed E-state index contributed by atoms with van der Waals surface area (Å²) in [5, 5.41) is 14.3. The van der Waals surface area contributed by atoms with Crippen molar-refractivity contribution in [1.82, 2.24) is 20.7 Å². The van der Waals surface area contributed by atoms with E-state index in [2.05, 4.69) is 10.7 Å². The smallest absolute Gasteiger partial charge is 0.252 e. The average molecular weight is 519 g/mol. The Balaban J connectivity index is 1.55. The number of aromatic hydroxyl groups is 1. The van der Waals surface area contributed by atoms with E-state index in [9.17, 15) is 27.9 Å². The third kappa shape index (κ3) is 6.81. The zero-order valence-electron chi connectivity index (χ0n) is 20.8. The van der Waals surface area contributed by atoms with Crippen molar-refractivity contribution in [3.63, 3.8) is 0 Å². The quantitative estimate of drug-likeness (QED) is 0.450. The minimum atomic E-state index is -2.86. The molecule has 0 radical (unpaired) electrons. The number of phenolic OH excluding ortho intramolecular Hbond substituents is 1. The number of nitrogens with one attached hydrogen (secondary N) is 2. The normalized spacial score (nSPS) is 20.3. The fraction of sp³-hybridized carbons (Fsp3) is 0.481. The van der Waals surface area contributed by atoms with E-state index < -0.39 is 36.8 Å². The number of hydrogen-bond acceptors (Lipinski definition) is 5. The van der Waals surface area contributed by atoms with Gasteiger partial charge < -0.3 is 15.3 Å². The Kier molecular flexibility index (Phi) is 8.39. The molecule has 2 aromatic carbocycles. The van der Waals surface area contributed by atoms with Crippen molar-refractivity contribution >= 4 is 11.8 Å². The van der Waals surface area contributed by atoms with E-state index >= 15 is 0 Å². The molecular formula is C27H33F3N4O3. The number of halogens is 3. The molecule has 2 unspecified atom stereocenters. The summed E-state index contributed by atoms with van der Waals surface area (Å²) >= 11 is 0. The van der Waals surface area contributed by atoms with Crippen molar-refractivity contribution < 1.29 is 27.9 Å². The molecule has 4 rings (SSSR count). The molecule has 7 nitrogen and oxygen atoms in total. The Morgan fingerprint density at radius 1 is 1.14 bits per heavy atom. The minimum Gasteiger partial charge on any atom is -0.508 e. The first-order valence-electron chi connectivity index (χ1n) is 12.6. The summed E-state index contributed by atoms with van der Waals surface area (Å²) in [6, 6.07) is 10.5. The van der Waals surface area contributed by atoms with E-state index in [4.69, 9.17) is 0 Å². The Morgan fingerprint density at radius 3 is 2.38 bits per heavy atom. The number of benzene rings is 2. The lowest BCUT2D eigenvalue weighted by molar-refractivity contribution is -0.166. The van der Waals surface area contributed by atoms with E-state index in [0.717, 1.165) is 5.56 Å². The van der Waals surface area contributed by atoms with Crippen LogP contribution in [0.3, 0.4) is 0 Å². The molecule has 1 aliphatic heterocycles. The maximum atomic E-state index is 13.9. The summed E-state index contributed by atoms with van der Waals surface area (Å²) in [6.45, 7) is 3.72. The average Bonchev–Trinajstić information content (AvgIpc) is 3.33. The summed E-state index contributed by atoms with van der Waals surface area (Å²) in [4.78, 5) is 28.6. The number of hydrazine groups is 1. The van der Waals surface area contributed by atoms with Crippen molar-refractivity contribution in [1.29, 1.82) is 0 Å². The summed E-state index contributed by atoms with van der Waals surface area (Å²) in [5.41, 5.74) is 4.73. The Bertz CT molecular complexity index is 1070. The molecule has 37 heavy (non-hydrogen) atoms. The zero-order valence-corrected chi connectivity index (χ0v) is 20.8. The van der Waals surface area contributed by atoms with E-state index in [-0.39, 0.29) is 36.4 Å². The first-order valence-corrected chi connectivity index (χ1v) is 12.6. The molecule has 1 aliphatic carbocycles. The highest BCUT2D eigenvalue weighted by atomic mass is 19.3. The summed E-state index contributed by atoms with van der Waals surface area (Å²) in [6.07, 6.45) is -0.548. The molecule has 1 saturated heterocycles. The molecule has 10 heteroatoms. The number of amides is 2. The monoisotopic (exact) mass is 518 g/mol. The number of carbonyl (C=O) groups is 2. The van der Waals surface area contributed by atoms with Crippen LogP contribution < -0.4 is 10.7 Å². The number of phenols is 1. The highest BCUT2D eigenvalue weighted by Gasteiger charge is 2.53. The van der Waals surface area contributed by atoms with Crippen molar-refractivity contribution in [3.05, 3.63) is 65.5 Å². The Morgan fingerprint density at radius 2 is 1.78 bits per heavy atom. The molecule has 1 saturated carbocycles. The lowest BCUT2D eigenvalue weighted by Crippen LogP contribution is -2.62. The van der Waals surface area contributed by atoms with Crippen LogP contribution in [0.25, 0.3) is 0 Å². The van der Waals surface area contributed by atoms with Gasteiger partial charge in [-0.3, -0.25) is 15.0 Å². The highest BCUT2D eigenvalue weighted by molar-refractivity contribution is 5.88. The van der Waals surface area contributed by atoms with Gasteiger partial charge in [-0.2, -0.15) is 0 Å². The van der Waals surface area contributed by atoms with Crippen LogP contribution in [0.1, 0.15) is 37.3 Å².